The lowest BCUT2D eigenvalue weighted by Crippen LogP contribution is -2.39. The van der Waals surface area contributed by atoms with Crippen molar-refractivity contribution < 1.29 is 4.79 Å². The lowest BCUT2D eigenvalue weighted by molar-refractivity contribution is 0.0706. The fraction of sp³-hybridized carbons (Fsp3) is 0.389. The summed E-state index contributed by atoms with van der Waals surface area (Å²) >= 11 is 1.65. The molecule has 0 saturated carbocycles. The van der Waals surface area contributed by atoms with Crippen LogP contribution in [0.5, 0.6) is 0 Å². The van der Waals surface area contributed by atoms with Gasteiger partial charge in [-0.2, -0.15) is 0 Å². The second-order valence-corrected chi connectivity index (χ2v) is 7.45. The molecule has 0 N–H and O–H groups in total. The highest BCUT2D eigenvalue weighted by molar-refractivity contribution is 7.17. The predicted octanol–water partition coefficient (Wildman–Crippen LogP) is 3.36. The highest BCUT2D eigenvalue weighted by atomic mass is 32.1. The van der Waals surface area contributed by atoms with Gasteiger partial charge in [0, 0.05) is 41.5 Å². The summed E-state index contributed by atoms with van der Waals surface area (Å²) in [6, 6.07) is 6.29. The van der Waals surface area contributed by atoms with Gasteiger partial charge >= 0.3 is 0 Å². The molecule has 1 atom stereocenters. The zero-order chi connectivity index (χ0) is 16.7. The number of fused-ring (bicyclic) bond motifs is 1. The third-order valence-electron chi connectivity index (χ3n) is 4.78. The quantitative estimate of drug-likeness (QED) is 0.719. The molecule has 1 fully saturated rings. The average Bonchev–Trinajstić information content (AvgIpc) is 3.20. The molecule has 0 bridgehead atoms. The number of piperidine rings is 1. The number of nitrogens with zero attached hydrogens (tertiary/aromatic N) is 4. The second kappa shape index (κ2) is 6.02. The van der Waals surface area contributed by atoms with Gasteiger partial charge in [0.1, 0.15) is 12.2 Å². The van der Waals surface area contributed by atoms with Crippen LogP contribution in [0.4, 0.5) is 0 Å². The number of carbonyl (C=O) groups is 1. The molecule has 0 spiro atoms. The van der Waals surface area contributed by atoms with Crippen molar-refractivity contribution in [1.29, 1.82) is 0 Å². The van der Waals surface area contributed by atoms with Crippen LogP contribution in [0.2, 0.25) is 0 Å². The molecular formula is C18H20N4OS. The molecule has 0 unspecified atom stereocenters. The van der Waals surface area contributed by atoms with Crippen molar-refractivity contribution in [2.75, 3.05) is 13.1 Å². The van der Waals surface area contributed by atoms with Crippen molar-refractivity contribution in [1.82, 2.24) is 19.7 Å². The van der Waals surface area contributed by atoms with Crippen LogP contribution in [0, 0.1) is 6.92 Å². The number of hydrogen-bond acceptors (Lipinski definition) is 4. The summed E-state index contributed by atoms with van der Waals surface area (Å²) in [5.41, 5.74) is 2.05. The van der Waals surface area contributed by atoms with E-state index < -0.39 is 0 Å². The van der Waals surface area contributed by atoms with E-state index in [-0.39, 0.29) is 11.8 Å². The Hall–Kier alpha value is -2.21. The fourth-order valence-corrected chi connectivity index (χ4v) is 4.54. The highest BCUT2D eigenvalue weighted by Gasteiger charge is 2.29. The van der Waals surface area contributed by atoms with Crippen LogP contribution >= 0.6 is 11.3 Å². The van der Waals surface area contributed by atoms with E-state index in [0.29, 0.717) is 6.54 Å². The van der Waals surface area contributed by atoms with Crippen LogP contribution in [0.15, 0.2) is 29.9 Å². The standard InChI is InChI=1S/C18H20N4OS/c1-12-5-6-14-15(10-24-16(14)8-12)18(23)22-7-3-4-13(9-22)17-20-19-11-21(17)2/h5-6,8,10-11,13H,3-4,7,9H2,1-2H3/t13-/m1/s1. The van der Waals surface area contributed by atoms with Gasteiger partial charge in [0.15, 0.2) is 0 Å². The summed E-state index contributed by atoms with van der Waals surface area (Å²) in [4.78, 5) is 15.0. The minimum absolute atomic E-state index is 0.136. The van der Waals surface area contributed by atoms with Crippen molar-refractivity contribution in [2.45, 2.75) is 25.7 Å². The van der Waals surface area contributed by atoms with E-state index in [2.05, 4.69) is 35.3 Å². The van der Waals surface area contributed by atoms with Crippen molar-refractivity contribution in [2.24, 2.45) is 7.05 Å². The number of thiophene rings is 1. The summed E-state index contributed by atoms with van der Waals surface area (Å²) in [5.74, 6) is 1.37. The normalized spacial score (nSPS) is 18.2. The maximum Gasteiger partial charge on any atom is 0.255 e. The minimum Gasteiger partial charge on any atom is -0.338 e. The molecule has 1 saturated heterocycles. The summed E-state index contributed by atoms with van der Waals surface area (Å²) in [5, 5.41) is 11.3. The van der Waals surface area contributed by atoms with Gasteiger partial charge in [0.25, 0.3) is 5.91 Å². The molecule has 124 valence electrons. The van der Waals surface area contributed by atoms with Gasteiger partial charge in [-0.15, -0.1) is 21.5 Å². The minimum atomic E-state index is 0.136. The van der Waals surface area contributed by atoms with E-state index in [1.807, 2.05) is 21.9 Å². The first kappa shape index (κ1) is 15.3. The molecule has 5 nitrogen and oxygen atoms in total. The van der Waals surface area contributed by atoms with Crippen molar-refractivity contribution in [3.8, 4) is 0 Å². The van der Waals surface area contributed by atoms with Gasteiger partial charge in [0.2, 0.25) is 0 Å². The van der Waals surface area contributed by atoms with Gasteiger partial charge in [-0.1, -0.05) is 12.1 Å². The van der Waals surface area contributed by atoms with E-state index >= 15 is 0 Å². The topological polar surface area (TPSA) is 51.0 Å². The Morgan fingerprint density at radius 1 is 1.38 bits per heavy atom. The molecule has 3 heterocycles. The summed E-state index contributed by atoms with van der Waals surface area (Å²) in [6.45, 7) is 3.61. The number of benzene rings is 1. The highest BCUT2D eigenvalue weighted by Crippen LogP contribution is 2.31. The molecule has 4 rings (SSSR count). The molecule has 1 amide bonds. The van der Waals surface area contributed by atoms with Crippen molar-refractivity contribution in [3.05, 3.63) is 46.9 Å². The first-order valence-corrected chi connectivity index (χ1v) is 9.12. The number of aromatic nitrogens is 3. The van der Waals surface area contributed by atoms with E-state index in [4.69, 9.17) is 0 Å². The third-order valence-corrected chi connectivity index (χ3v) is 5.73. The van der Waals surface area contributed by atoms with Crippen LogP contribution in [0.3, 0.4) is 0 Å². The van der Waals surface area contributed by atoms with Gasteiger partial charge in [-0.05, 0) is 31.4 Å². The molecule has 2 aromatic heterocycles. The predicted molar refractivity (Wildman–Crippen MR) is 95.4 cm³/mol. The number of rotatable bonds is 2. The lowest BCUT2D eigenvalue weighted by Gasteiger charge is -2.32. The molecule has 0 radical (unpaired) electrons. The molecule has 0 aliphatic carbocycles. The van der Waals surface area contributed by atoms with Crippen LogP contribution in [0.1, 0.15) is 40.5 Å². The van der Waals surface area contributed by atoms with Crippen LogP contribution in [-0.4, -0.2) is 38.7 Å². The Morgan fingerprint density at radius 3 is 3.04 bits per heavy atom. The molecule has 1 aliphatic heterocycles. The van der Waals surface area contributed by atoms with E-state index in [9.17, 15) is 4.79 Å². The van der Waals surface area contributed by atoms with E-state index in [0.717, 1.165) is 36.2 Å². The number of carbonyl (C=O) groups excluding carboxylic acids is 1. The SMILES string of the molecule is Cc1ccc2c(C(=O)N3CCC[C@@H](c4nncn4C)C3)csc2c1. The largest absolute Gasteiger partial charge is 0.338 e. The smallest absolute Gasteiger partial charge is 0.255 e. The fourth-order valence-electron chi connectivity index (χ4n) is 3.51. The lowest BCUT2D eigenvalue weighted by atomic mass is 9.96. The molecule has 6 heteroatoms. The second-order valence-electron chi connectivity index (χ2n) is 6.54. The van der Waals surface area contributed by atoms with Crippen molar-refractivity contribution in [3.63, 3.8) is 0 Å². The Balaban J connectivity index is 1.60. The number of hydrogen-bond donors (Lipinski definition) is 0. The van der Waals surface area contributed by atoms with E-state index in [1.54, 1.807) is 17.7 Å². The first-order chi connectivity index (χ1) is 11.6. The third kappa shape index (κ3) is 2.60. The Labute approximate surface area is 144 Å². The maximum absolute atomic E-state index is 13.0. The number of likely N-dealkylation sites (tertiary alicyclic amines) is 1. The van der Waals surface area contributed by atoms with Crippen LogP contribution in [0.25, 0.3) is 10.1 Å². The molecular weight excluding hydrogens is 320 g/mol. The summed E-state index contributed by atoms with van der Waals surface area (Å²) < 4.78 is 3.14. The molecule has 1 aliphatic rings. The summed E-state index contributed by atoms with van der Waals surface area (Å²) in [6.07, 6.45) is 3.79. The zero-order valence-corrected chi connectivity index (χ0v) is 14.7. The average molecular weight is 340 g/mol. The van der Waals surface area contributed by atoms with Gasteiger partial charge < -0.3 is 9.47 Å². The number of amides is 1. The Kier molecular flexibility index (Phi) is 3.84. The Morgan fingerprint density at radius 2 is 2.25 bits per heavy atom. The van der Waals surface area contributed by atoms with Gasteiger partial charge in [-0.25, -0.2) is 0 Å². The van der Waals surface area contributed by atoms with Crippen molar-refractivity contribution >= 4 is 27.3 Å². The number of aryl methyl sites for hydroxylation is 2. The maximum atomic E-state index is 13.0. The molecule has 1 aromatic carbocycles. The zero-order valence-electron chi connectivity index (χ0n) is 13.9. The van der Waals surface area contributed by atoms with E-state index in [1.165, 1.54) is 10.3 Å². The Bertz CT molecular complexity index is 897. The van der Waals surface area contributed by atoms with Crippen LogP contribution in [-0.2, 0) is 7.05 Å². The monoisotopic (exact) mass is 340 g/mol. The molecule has 24 heavy (non-hydrogen) atoms. The summed E-state index contributed by atoms with van der Waals surface area (Å²) in [7, 11) is 1.96. The molecule has 3 aromatic rings. The van der Waals surface area contributed by atoms with Gasteiger partial charge in [-0.3, -0.25) is 4.79 Å². The first-order valence-electron chi connectivity index (χ1n) is 8.24. The van der Waals surface area contributed by atoms with Gasteiger partial charge in [0.05, 0.1) is 5.56 Å². The van der Waals surface area contributed by atoms with Crippen LogP contribution < -0.4 is 0 Å².